The van der Waals surface area contributed by atoms with Crippen molar-refractivity contribution in [3.63, 3.8) is 0 Å². The lowest BCUT2D eigenvalue weighted by atomic mass is 10.1. The molecule has 0 unspecified atom stereocenters. The van der Waals surface area contributed by atoms with E-state index in [1.165, 1.54) is 7.05 Å². The molecule has 1 amide bonds. The summed E-state index contributed by atoms with van der Waals surface area (Å²) in [6.45, 7) is 2.33. The molecule has 0 aliphatic carbocycles. The number of hydrogen-bond donors (Lipinski definition) is 1. The minimum Gasteiger partial charge on any atom is -0.351 e. The molecular weight excluding hydrogens is 452 g/mol. The number of sulfonamides is 1. The van der Waals surface area contributed by atoms with Crippen LogP contribution in [0.4, 0.5) is 5.69 Å². The minimum absolute atomic E-state index is 0.176. The van der Waals surface area contributed by atoms with E-state index in [-0.39, 0.29) is 10.8 Å². The number of carbonyl (C=O) groups is 1. The first-order chi connectivity index (χ1) is 14.8. The first kappa shape index (κ1) is 23.2. The van der Waals surface area contributed by atoms with Crippen molar-refractivity contribution in [3.05, 3.63) is 88.9 Å². The van der Waals surface area contributed by atoms with Crippen molar-refractivity contribution in [2.75, 3.05) is 23.7 Å². The van der Waals surface area contributed by atoms with Crippen LogP contribution in [0.2, 0.25) is 5.02 Å². The van der Waals surface area contributed by atoms with Gasteiger partial charge in [-0.2, -0.15) is 0 Å². The summed E-state index contributed by atoms with van der Waals surface area (Å²) in [7, 11) is -2.34. The van der Waals surface area contributed by atoms with Gasteiger partial charge in [-0.05, 0) is 55.5 Å². The third-order valence-electron chi connectivity index (χ3n) is 4.64. The molecule has 0 aromatic heterocycles. The normalized spacial score (nSPS) is 11.2. The van der Waals surface area contributed by atoms with E-state index in [9.17, 15) is 13.2 Å². The zero-order chi connectivity index (χ0) is 22.4. The van der Waals surface area contributed by atoms with Crippen LogP contribution in [-0.2, 0) is 10.0 Å². The number of anilines is 1. The van der Waals surface area contributed by atoms with Crippen molar-refractivity contribution in [1.29, 1.82) is 0 Å². The highest BCUT2D eigenvalue weighted by molar-refractivity contribution is 7.99. The van der Waals surface area contributed by atoms with Crippen LogP contribution in [0.15, 0.2) is 82.6 Å². The van der Waals surface area contributed by atoms with Crippen LogP contribution in [0.3, 0.4) is 0 Å². The molecule has 0 saturated carbocycles. The average molecular weight is 475 g/mol. The van der Waals surface area contributed by atoms with Crippen LogP contribution in [0.5, 0.6) is 0 Å². The average Bonchev–Trinajstić information content (AvgIpc) is 2.77. The fourth-order valence-electron chi connectivity index (χ4n) is 2.90. The molecule has 0 aliphatic rings. The summed E-state index contributed by atoms with van der Waals surface area (Å²) in [5, 5.41) is 3.55. The van der Waals surface area contributed by atoms with Crippen LogP contribution in [0.1, 0.15) is 15.9 Å². The molecule has 162 valence electrons. The Morgan fingerprint density at radius 2 is 1.65 bits per heavy atom. The van der Waals surface area contributed by atoms with E-state index in [4.69, 9.17) is 11.6 Å². The summed E-state index contributed by atoms with van der Waals surface area (Å²) >= 11 is 7.49. The van der Waals surface area contributed by atoms with Gasteiger partial charge in [0, 0.05) is 29.3 Å². The Labute approximate surface area is 192 Å². The van der Waals surface area contributed by atoms with Crippen LogP contribution >= 0.6 is 23.4 Å². The molecule has 3 aromatic rings. The van der Waals surface area contributed by atoms with Gasteiger partial charge in [0.15, 0.2) is 0 Å². The Balaban J connectivity index is 1.69. The van der Waals surface area contributed by atoms with Crippen molar-refractivity contribution < 1.29 is 13.2 Å². The van der Waals surface area contributed by atoms with Gasteiger partial charge in [0.25, 0.3) is 15.9 Å². The summed E-state index contributed by atoms with van der Waals surface area (Å²) in [4.78, 5) is 14.0. The van der Waals surface area contributed by atoms with Crippen molar-refractivity contribution in [1.82, 2.24) is 5.32 Å². The number of thioether (sulfide) groups is 1. The predicted molar refractivity (Wildman–Crippen MR) is 128 cm³/mol. The number of rotatable bonds is 8. The molecule has 8 heteroatoms. The predicted octanol–water partition coefficient (Wildman–Crippen LogP) is 5.00. The van der Waals surface area contributed by atoms with Crippen LogP contribution in [-0.4, -0.2) is 33.7 Å². The quantitative estimate of drug-likeness (QED) is 0.368. The van der Waals surface area contributed by atoms with Crippen molar-refractivity contribution in [2.24, 2.45) is 0 Å². The highest BCUT2D eigenvalue weighted by Crippen LogP contribution is 2.26. The van der Waals surface area contributed by atoms with E-state index in [1.807, 2.05) is 31.2 Å². The number of halogens is 1. The highest BCUT2D eigenvalue weighted by Gasteiger charge is 2.24. The zero-order valence-corrected chi connectivity index (χ0v) is 19.6. The summed E-state index contributed by atoms with van der Waals surface area (Å²) in [5.41, 5.74) is 1.60. The number of benzene rings is 3. The number of carbonyl (C=O) groups excluding carboxylic acids is 1. The largest absolute Gasteiger partial charge is 0.351 e. The van der Waals surface area contributed by atoms with Crippen LogP contribution < -0.4 is 9.62 Å². The second-order valence-electron chi connectivity index (χ2n) is 6.86. The van der Waals surface area contributed by atoms with Crippen LogP contribution in [0, 0.1) is 6.92 Å². The molecule has 0 saturated heterocycles. The number of para-hydroxylation sites is 1. The standard InChI is InChI=1S/C23H23ClN2O3S2/c1-17-7-13-20(14-8-17)31(28,29)26(2)22-6-4-3-5-21(22)23(27)25-15-16-30-19-11-9-18(24)10-12-19/h3-14H,15-16H2,1-2H3,(H,25,27). The number of nitrogens with one attached hydrogen (secondary N) is 1. The summed E-state index contributed by atoms with van der Waals surface area (Å²) in [5.74, 6) is 0.353. The monoisotopic (exact) mass is 474 g/mol. The third kappa shape index (κ3) is 5.81. The maximum absolute atomic E-state index is 13.0. The van der Waals surface area contributed by atoms with Gasteiger partial charge in [-0.1, -0.05) is 41.4 Å². The molecule has 0 bridgehead atoms. The highest BCUT2D eigenvalue weighted by atomic mass is 35.5. The lowest BCUT2D eigenvalue weighted by Gasteiger charge is -2.22. The van der Waals surface area contributed by atoms with Crippen molar-refractivity contribution >= 4 is 45.0 Å². The minimum atomic E-state index is -3.79. The Morgan fingerprint density at radius 1 is 1.00 bits per heavy atom. The number of aryl methyl sites for hydroxylation is 1. The van der Waals surface area contributed by atoms with Crippen molar-refractivity contribution in [2.45, 2.75) is 16.7 Å². The maximum Gasteiger partial charge on any atom is 0.264 e. The number of amides is 1. The van der Waals surface area contributed by atoms with Gasteiger partial charge in [0.2, 0.25) is 0 Å². The first-order valence-corrected chi connectivity index (χ1v) is 12.4. The topological polar surface area (TPSA) is 66.5 Å². The molecule has 0 fully saturated rings. The molecule has 5 nitrogen and oxygen atoms in total. The second-order valence-corrected chi connectivity index (χ2v) is 10.4. The SMILES string of the molecule is Cc1ccc(S(=O)(=O)N(C)c2ccccc2C(=O)NCCSc2ccc(Cl)cc2)cc1. The number of nitrogens with zero attached hydrogens (tertiary/aromatic N) is 1. The Bertz CT molecular complexity index is 1150. The fourth-order valence-corrected chi connectivity index (χ4v) is 5.01. The van der Waals surface area contributed by atoms with Gasteiger partial charge in [-0.15, -0.1) is 11.8 Å². The van der Waals surface area contributed by atoms with Crippen molar-refractivity contribution in [3.8, 4) is 0 Å². The Kier molecular flexibility index (Phi) is 7.64. The van der Waals surface area contributed by atoms with E-state index in [0.717, 1.165) is 14.8 Å². The van der Waals surface area contributed by atoms with E-state index in [1.54, 1.807) is 60.3 Å². The summed E-state index contributed by atoms with van der Waals surface area (Å²) < 4.78 is 27.2. The fraction of sp³-hybridized carbons (Fsp3) is 0.174. The smallest absolute Gasteiger partial charge is 0.264 e. The molecular formula is C23H23ClN2O3S2. The first-order valence-electron chi connectivity index (χ1n) is 9.60. The van der Waals surface area contributed by atoms with E-state index >= 15 is 0 Å². The van der Waals surface area contributed by atoms with E-state index in [2.05, 4.69) is 5.32 Å². The van der Waals surface area contributed by atoms with Gasteiger partial charge in [-0.3, -0.25) is 9.10 Å². The van der Waals surface area contributed by atoms with Crippen LogP contribution in [0.25, 0.3) is 0 Å². The molecule has 3 rings (SSSR count). The zero-order valence-electron chi connectivity index (χ0n) is 17.2. The van der Waals surface area contributed by atoms with Gasteiger partial charge in [0.05, 0.1) is 16.1 Å². The lowest BCUT2D eigenvalue weighted by Crippen LogP contribution is -2.31. The molecule has 0 spiro atoms. The van der Waals surface area contributed by atoms with Gasteiger partial charge in [-0.25, -0.2) is 8.42 Å². The molecule has 31 heavy (non-hydrogen) atoms. The molecule has 0 atom stereocenters. The molecule has 0 heterocycles. The number of hydrogen-bond acceptors (Lipinski definition) is 4. The molecule has 3 aromatic carbocycles. The van der Waals surface area contributed by atoms with E-state index < -0.39 is 10.0 Å². The Morgan fingerprint density at radius 3 is 2.32 bits per heavy atom. The second kappa shape index (κ2) is 10.2. The summed E-state index contributed by atoms with van der Waals surface area (Å²) in [6, 6.07) is 20.8. The summed E-state index contributed by atoms with van der Waals surface area (Å²) in [6.07, 6.45) is 0. The maximum atomic E-state index is 13.0. The van der Waals surface area contributed by atoms with E-state index in [0.29, 0.717) is 28.6 Å². The molecule has 0 aliphatic heterocycles. The molecule has 0 radical (unpaired) electrons. The van der Waals surface area contributed by atoms with Gasteiger partial charge >= 0.3 is 0 Å². The van der Waals surface area contributed by atoms with Gasteiger partial charge < -0.3 is 5.32 Å². The lowest BCUT2D eigenvalue weighted by molar-refractivity contribution is 0.0957. The van der Waals surface area contributed by atoms with Gasteiger partial charge in [0.1, 0.15) is 0 Å². The Hall–Kier alpha value is -2.48. The molecule has 1 N–H and O–H groups in total. The third-order valence-corrected chi connectivity index (χ3v) is 7.69.